The molecule has 148 valence electrons. The molecule has 0 spiro atoms. The predicted molar refractivity (Wildman–Crippen MR) is 109 cm³/mol. The summed E-state index contributed by atoms with van der Waals surface area (Å²) in [4.78, 5) is 12.6. The smallest absolute Gasteiger partial charge is 0.261 e. The summed E-state index contributed by atoms with van der Waals surface area (Å²) in [6, 6.07) is 5.06. The molecule has 1 amide bonds. The molecule has 4 bridgehead atoms. The standard InChI is InChI=1S/C22H29Cl2NO2/c1-2-19(27-20-10-17(23)3-4-18(20)24)21(26)25-6-5-22-11-14-7-15(12-22)9-16(8-14)13-22/h3-4,10,14-16,19H,2,5-9,11-13H2,1H3,(H,25,26). The Bertz CT molecular complexity index is 670. The van der Waals surface area contributed by atoms with E-state index in [-0.39, 0.29) is 5.91 Å². The highest BCUT2D eigenvalue weighted by molar-refractivity contribution is 6.34. The first-order chi connectivity index (χ1) is 13.0. The van der Waals surface area contributed by atoms with Gasteiger partial charge in [0.25, 0.3) is 5.91 Å². The summed E-state index contributed by atoms with van der Waals surface area (Å²) in [7, 11) is 0. The van der Waals surface area contributed by atoms with Crippen LogP contribution in [0.25, 0.3) is 0 Å². The molecule has 4 saturated carbocycles. The van der Waals surface area contributed by atoms with Gasteiger partial charge in [-0.25, -0.2) is 0 Å². The van der Waals surface area contributed by atoms with E-state index in [9.17, 15) is 4.79 Å². The summed E-state index contributed by atoms with van der Waals surface area (Å²) in [5.74, 6) is 3.25. The molecular formula is C22H29Cl2NO2. The van der Waals surface area contributed by atoms with Crippen molar-refractivity contribution in [3.63, 3.8) is 0 Å². The fourth-order valence-electron chi connectivity index (χ4n) is 6.20. The van der Waals surface area contributed by atoms with Gasteiger partial charge in [-0.2, -0.15) is 0 Å². The van der Waals surface area contributed by atoms with Gasteiger partial charge in [-0.3, -0.25) is 4.79 Å². The van der Waals surface area contributed by atoms with Crippen LogP contribution in [0.3, 0.4) is 0 Å². The third kappa shape index (κ3) is 4.24. The van der Waals surface area contributed by atoms with Crippen molar-refractivity contribution in [1.82, 2.24) is 5.32 Å². The summed E-state index contributed by atoms with van der Waals surface area (Å²) in [5, 5.41) is 4.14. The molecule has 5 rings (SSSR count). The number of hydrogen-bond acceptors (Lipinski definition) is 2. The Labute approximate surface area is 172 Å². The average molecular weight is 410 g/mol. The molecule has 0 heterocycles. The van der Waals surface area contributed by atoms with Crippen LogP contribution < -0.4 is 10.1 Å². The fraction of sp³-hybridized carbons (Fsp3) is 0.682. The van der Waals surface area contributed by atoms with Crippen LogP contribution in [0.15, 0.2) is 18.2 Å². The van der Waals surface area contributed by atoms with Crippen molar-refractivity contribution in [2.45, 2.75) is 64.4 Å². The van der Waals surface area contributed by atoms with Crippen LogP contribution in [-0.2, 0) is 4.79 Å². The molecule has 1 N–H and O–H groups in total. The van der Waals surface area contributed by atoms with Crippen LogP contribution in [0.1, 0.15) is 58.3 Å². The normalized spacial score (nSPS) is 32.3. The first kappa shape index (κ1) is 19.4. The highest BCUT2D eigenvalue weighted by atomic mass is 35.5. The van der Waals surface area contributed by atoms with E-state index in [1.165, 1.54) is 38.5 Å². The van der Waals surface area contributed by atoms with Gasteiger partial charge in [0.15, 0.2) is 6.10 Å². The van der Waals surface area contributed by atoms with E-state index in [1.54, 1.807) is 18.2 Å². The highest BCUT2D eigenvalue weighted by Crippen LogP contribution is 2.61. The first-order valence-corrected chi connectivity index (χ1v) is 11.1. The van der Waals surface area contributed by atoms with Gasteiger partial charge in [0.1, 0.15) is 5.75 Å². The van der Waals surface area contributed by atoms with Gasteiger partial charge in [0.2, 0.25) is 0 Å². The van der Waals surface area contributed by atoms with E-state index >= 15 is 0 Å². The molecule has 0 aliphatic heterocycles. The lowest BCUT2D eigenvalue weighted by molar-refractivity contribution is -0.128. The van der Waals surface area contributed by atoms with E-state index in [0.717, 1.165) is 30.7 Å². The Morgan fingerprint density at radius 2 is 1.81 bits per heavy atom. The molecule has 0 radical (unpaired) electrons. The number of hydrogen-bond donors (Lipinski definition) is 1. The van der Waals surface area contributed by atoms with E-state index < -0.39 is 6.10 Å². The Kier molecular flexibility index (Phi) is 5.62. The maximum absolute atomic E-state index is 12.6. The molecule has 1 aromatic rings. The van der Waals surface area contributed by atoms with Crippen LogP contribution in [0.2, 0.25) is 10.0 Å². The number of rotatable bonds is 7. The molecule has 1 aromatic carbocycles. The molecule has 4 aliphatic carbocycles. The second-order valence-corrected chi connectivity index (χ2v) is 9.89. The van der Waals surface area contributed by atoms with E-state index in [2.05, 4.69) is 5.32 Å². The van der Waals surface area contributed by atoms with Crippen LogP contribution in [0.4, 0.5) is 0 Å². The van der Waals surface area contributed by atoms with Crippen molar-refractivity contribution in [2.24, 2.45) is 23.2 Å². The van der Waals surface area contributed by atoms with Gasteiger partial charge in [-0.1, -0.05) is 30.1 Å². The van der Waals surface area contributed by atoms with Crippen molar-refractivity contribution < 1.29 is 9.53 Å². The average Bonchev–Trinajstić information content (AvgIpc) is 2.61. The van der Waals surface area contributed by atoms with E-state index in [0.29, 0.717) is 27.6 Å². The lowest BCUT2D eigenvalue weighted by atomic mass is 9.49. The van der Waals surface area contributed by atoms with Crippen molar-refractivity contribution in [1.29, 1.82) is 0 Å². The van der Waals surface area contributed by atoms with Gasteiger partial charge in [0.05, 0.1) is 5.02 Å². The second kappa shape index (κ2) is 7.83. The van der Waals surface area contributed by atoms with Gasteiger partial charge >= 0.3 is 0 Å². The molecule has 3 nitrogen and oxygen atoms in total. The number of nitrogens with one attached hydrogen (secondary N) is 1. The number of ether oxygens (including phenoxy) is 1. The molecule has 27 heavy (non-hydrogen) atoms. The zero-order chi connectivity index (χ0) is 19.0. The van der Waals surface area contributed by atoms with Crippen molar-refractivity contribution in [3.8, 4) is 5.75 Å². The largest absolute Gasteiger partial charge is 0.479 e. The SMILES string of the molecule is CCC(Oc1cc(Cl)ccc1Cl)C(=O)NCCC12CC3CC(CC(C3)C1)C2. The van der Waals surface area contributed by atoms with Crippen LogP contribution in [-0.4, -0.2) is 18.6 Å². The van der Waals surface area contributed by atoms with Gasteiger partial charge in [-0.05, 0) is 86.7 Å². The number of halogens is 2. The summed E-state index contributed by atoms with van der Waals surface area (Å²) in [6.07, 6.45) is 9.65. The van der Waals surface area contributed by atoms with Gasteiger partial charge < -0.3 is 10.1 Å². The zero-order valence-corrected chi connectivity index (χ0v) is 17.5. The maximum atomic E-state index is 12.6. The molecule has 4 aliphatic rings. The molecule has 5 heteroatoms. The number of carbonyl (C=O) groups excluding carboxylic acids is 1. The quantitative estimate of drug-likeness (QED) is 0.610. The summed E-state index contributed by atoms with van der Waals surface area (Å²) >= 11 is 12.2. The van der Waals surface area contributed by atoms with Crippen molar-refractivity contribution >= 4 is 29.1 Å². The van der Waals surface area contributed by atoms with Crippen molar-refractivity contribution in [2.75, 3.05) is 6.54 Å². The number of benzene rings is 1. The summed E-state index contributed by atoms with van der Waals surface area (Å²) < 4.78 is 5.85. The first-order valence-electron chi connectivity index (χ1n) is 10.4. The number of amides is 1. The highest BCUT2D eigenvalue weighted by Gasteiger charge is 2.50. The molecule has 1 unspecified atom stereocenters. The van der Waals surface area contributed by atoms with E-state index in [1.807, 2.05) is 6.92 Å². The third-order valence-corrected chi connectivity index (χ3v) is 7.49. The minimum absolute atomic E-state index is 0.0572. The Morgan fingerprint density at radius 1 is 1.19 bits per heavy atom. The van der Waals surface area contributed by atoms with Gasteiger partial charge in [0, 0.05) is 17.6 Å². The molecule has 0 aromatic heterocycles. The lowest BCUT2D eigenvalue weighted by Gasteiger charge is -2.57. The molecule has 1 atom stereocenters. The molecular weight excluding hydrogens is 381 g/mol. The second-order valence-electron chi connectivity index (χ2n) is 9.05. The maximum Gasteiger partial charge on any atom is 0.261 e. The fourth-order valence-corrected chi connectivity index (χ4v) is 6.53. The van der Waals surface area contributed by atoms with Gasteiger partial charge in [-0.15, -0.1) is 0 Å². The minimum Gasteiger partial charge on any atom is -0.479 e. The Hall–Kier alpha value is -0.930. The zero-order valence-electron chi connectivity index (χ0n) is 16.0. The summed E-state index contributed by atoms with van der Waals surface area (Å²) in [6.45, 7) is 2.69. The molecule has 0 saturated heterocycles. The van der Waals surface area contributed by atoms with Crippen LogP contribution >= 0.6 is 23.2 Å². The lowest BCUT2D eigenvalue weighted by Crippen LogP contribution is -2.48. The molecule has 4 fully saturated rings. The Morgan fingerprint density at radius 3 is 2.41 bits per heavy atom. The summed E-state index contributed by atoms with van der Waals surface area (Å²) in [5.41, 5.74) is 0.487. The van der Waals surface area contributed by atoms with E-state index in [4.69, 9.17) is 27.9 Å². The third-order valence-electron chi connectivity index (χ3n) is 6.95. The number of carbonyl (C=O) groups is 1. The van der Waals surface area contributed by atoms with Crippen LogP contribution in [0, 0.1) is 23.2 Å². The minimum atomic E-state index is -0.544. The Balaban J connectivity index is 1.31. The van der Waals surface area contributed by atoms with Crippen molar-refractivity contribution in [3.05, 3.63) is 28.2 Å². The topological polar surface area (TPSA) is 38.3 Å². The monoisotopic (exact) mass is 409 g/mol. The van der Waals surface area contributed by atoms with Crippen LogP contribution in [0.5, 0.6) is 5.75 Å². The predicted octanol–water partition coefficient (Wildman–Crippen LogP) is 5.87.